The molecule has 1 N–H and O–H groups in total. The molecule has 0 saturated heterocycles. The molecule has 0 saturated carbocycles. The fourth-order valence-electron chi connectivity index (χ4n) is 1.16. The first-order valence-electron chi connectivity index (χ1n) is 4.06. The Labute approximate surface area is 79.6 Å². The Bertz CT molecular complexity index is 411. The molecule has 1 heterocycles. The lowest BCUT2D eigenvalue weighted by Crippen LogP contribution is -2.19. The summed E-state index contributed by atoms with van der Waals surface area (Å²) < 4.78 is 13.5. The van der Waals surface area contributed by atoms with Crippen molar-refractivity contribution in [2.75, 3.05) is 6.67 Å². The van der Waals surface area contributed by atoms with Gasteiger partial charge in [-0.05, 0) is 6.92 Å². The largest absolute Gasteiger partial charge is 0.477 e. The van der Waals surface area contributed by atoms with Gasteiger partial charge in [0.05, 0.1) is 6.54 Å². The van der Waals surface area contributed by atoms with Gasteiger partial charge >= 0.3 is 5.97 Å². The number of aromatic nitrogens is 1. The summed E-state index contributed by atoms with van der Waals surface area (Å²) >= 11 is 0. The molecule has 0 aliphatic rings. The van der Waals surface area contributed by atoms with E-state index in [4.69, 9.17) is 5.11 Å². The molecule has 1 aromatic rings. The number of alkyl halides is 1. The minimum atomic E-state index is -1.29. The highest BCUT2D eigenvalue weighted by atomic mass is 19.1. The number of hydrogen-bond donors (Lipinski definition) is 1. The maximum Gasteiger partial charge on any atom is 0.341 e. The predicted molar refractivity (Wildman–Crippen MR) is 48.4 cm³/mol. The van der Waals surface area contributed by atoms with Crippen molar-refractivity contribution >= 4 is 5.97 Å². The Balaban J connectivity index is 3.27. The molecule has 4 nitrogen and oxygen atoms in total. The summed E-state index contributed by atoms with van der Waals surface area (Å²) in [5.74, 6) is -1.29. The Morgan fingerprint density at radius 3 is 2.79 bits per heavy atom. The SMILES string of the molecule is Cc1cc(=O)c(C(=O)O)cn1CCF. The molecule has 0 aromatic carbocycles. The molecule has 14 heavy (non-hydrogen) atoms. The van der Waals surface area contributed by atoms with E-state index in [-0.39, 0.29) is 12.1 Å². The summed E-state index contributed by atoms with van der Waals surface area (Å²) in [7, 11) is 0. The number of nitrogens with zero attached hydrogens (tertiary/aromatic N) is 1. The van der Waals surface area contributed by atoms with Gasteiger partial charge in [-0.3, -0.25) is 4.79 Å². The summed E-state index contributed by atoms with van der Waals surface area (Å²) in [6.45, 7) is 1.10. The van der Waals surface area contributed by atoms with E-state index in [0.717, 1.165) is 0 Å². The van der Waals surface area contributed by atoms with E-state index in [0.29, 0.717) is 5.69 Å². The zero-order chi connectivity index (χ0) is 10.7. The molecule has 0 spiro atoms. The van der Waals surface area contributed by atoms with Crippen molar-refractivity contribution < 1.29 is 14.3 Å². The first-order valence-corrected chi connectivity index (χ1v) is 4.06. The molecule has 0 aliphatic heterocycles. The lowest BCUT2D eigenvalue weighted by Gasteiger charge is -2.08. The number of aryl methyl sites for hydroxylation is 2. The molecule has 0 amide bonds. The standard InChI is InChI=1S/C9H10FNO3/c1-6-4-8(12)7(9(13)14)5-11(6)3-2-10/h4-5H,2-3H2,1H3,(H,13,14). The summed E-state index contributed by atoms with van der Waals surface area (Å²) in [5.41, 5.74) is -0.327. The smallest absolute Gasteiger partial charge is 0.341 e. The van der Waals surface area contributed by atoms with Gasteiger partial charge in [-0.1, -0.05) is 0 Å². The molecule has 1 aromatic heterocycles. The third kappa shape index (κ3) is 1.99. The number of carboxylic acid groups (broad SMARTS) is 1. The van der Waals surface area contributed by atoms with E-state index in [1.54, 1.807) is 6.92 Å². The van der Waals surface area contributed by atoms with Crippen LogP contribution in [0.15, 0.2) is 17.1 Å². The van der Waals surface area contributed by atoms with Crippen LogP contribution in [0.1, 0.15) is 16.1 Å². The van der Waals surface area contributed by atoms with Crippen LogP contribution in [-0.2, 0) is 6.54 Å². The van der Waals surface area contributed by atoms with Gasteiger partial charge in [0.2, 0.25) is 0 Å². The number of halogens is 1. The number of carboxylic acids is 1. The van der Waals surface area contributed by atoms with Crippen molar-refractivity contribution in [1.82, 2.24) is 4.57 Å². The van der Waals surface area contributed by atoms with E-state index >= 15 is 0 Å². The van der Waals surface area contributed by atoms with Crippen LogP contribution in [0, 0.1) is 6.92 Å². The van der Waals surface area contributed by atoms with Crippen LogP contribution >= 0.6 is 0 Å². The normalized spacial score (nSPS) is 10.1. The molecular formula is C9H10FNO3. The van der Waals surface area contributed by atoms with Crippen molar-refractivity contribution in [1.29, 1.82) is 0 Å². The maximum absolute atomic E-state index is 12.0. The van der Waals surface area contributed by atoms with Crippen LogP contribution in [0.4, 0.5) is 4.39 Å². The third-order valence-electron chi connectivity index (χ3n) is 1.90. The first kappa shape index (κ1) is 10.4. The monoisotopic (exact) mass is 199 g/mol. The maximum atomic E-state index is 12.0. The van der Waals surface area contributed by atoms with Crippen molar-refractivity contribution in [3.8, 4) is 0 Å². The fraction of sp³-hybridized carbons (Fsp3) is 0.333. The van der Waals surface area contributed by atoms with Crippen LogP contribution in [0.3, 0.4) is 0 Å². The minimum absolute atomic E-state index is 0.0619. The Morgan fingerprint density at radius 2 is 2.29 bits per heavy atom. The lowest BCUT2D eigenvalue weighted by molar-refractivity contribution is 0.0694. The Morgan fingerprint density at radius 1 is 1.64 bits per heavy atom. The Kier molecular flexibility index (Phi) is 3.01. The van der Waals surface area contributed by atoms with Crippen molar-refractivity contribution in [3.05, 3.63) is 33.7 Å². The Hall–Kier alpha value is -1.65. The van der Waals surface area contributed by atoms with E-state index < -0.39 is 18.1 Å². The molecular weight excluding hydrogens is 189 g/mol. The molecule has 0 atom stereocenters. The van der Waals surface area contributed by atoms with Gasteiger partial charge in [0.25, 0.3) is 0 Å². The zero-order valence-corrected chi connectivity index (χ0v) is 7.66. The summed E-state index contributed by atoms with van der Waals surface area (Å²) in [6, 6.07) is 1.19. The molecule has 0 bridgehead atoms. The summed E-state index contributed by atoms with van der Waals surface area (Å²) in [5, 5.41) is 8.64. The molecule has 0 radical (unpaired) electrons. The van der Waals surface area contributed by atoms with Crippen LogP contribution in [-0.4, -0.2) is 22.3 Å². The van der Waals surface area contributed by atoms with E-state index in [2.05, 4.69) is 0 Å². The van der Waals surface area contributed by atoms with Crippen molar-refractivity contribution in [3.63, 3.8) is 0 Å². The van der Waals surface area contributed by atoms with E-state index in [1.165, 1.54) is 16.8 Å². The van der Waals surface area contributed by atoms with Gasteiger partial charge < -0.3 is 9.67 Å². The van der Waals surface area contributed by atoms with Gasteiger partial charge in [-0.25, -0.2) is 9.18 Å². The second kappa shape index (κ2) is 4.04. The van der Waals surface area contributed by atoms with Gasteiger partial charge in [-0.15, -0.1) is 0 Å². The van der Waals surface area contributed by atoms with Crippen molar-refractivity contribution in [2.24, 2.45) is 0 Å². The molecule has 0 aliphatic carbocycles. The van der Waals surface area contributed by atoms with E-state index in [1.807, 2.05) is 0 Å². The van der Waals surface area contributed by atoms with Crippen LogP contribution in [0.5, 0.6) is 0 Å². The molecule has 5 heteroatoms. The number of pyridine rings is 1. The highest BCUT2D eigenvalue weighted by molar-refractivity contribution is 5.87. The number of rotatable bonds is 3. The third-order valence-corrected chi connectivity index (χ3v) is 1.90. The topological polar surface area (TPSA) is 59.3 Å². The van der Waals surface area contributed by atoms with Crippen LogP contribution in [0.25, 0.3) is 0 Å². The quantitative estimate of drug-likeness (QED) is 0.784. The summed E-state index contributed by atoms with van der Waals surface area (Å²) in [6.07, 6.45) is 1.17. The number of aromatic carboxylic acids is 1. The summed E-state index contributed by atoms with van der Waals surface area (Å²) in [4.78, 5) is 21.7. The van der Waals surface area contributed by atoms with Crippen molar-refractivity contribution in [2.45, 2.75) is 13.5 Å². The van der Waals surface area contributed by atoms with E-state index in [9.17, 15) is 14.0 Å². The van der Waals surface area contributed by atoms with Gasteiger partial charge in [-0.2, -0.15) is 0 Å². The highest BCUT2D eigenvalue weighted by Crippen LogP contribution is 1.99. The van der Waals surface area contributed by atoms with Gasteiger partial charge in [0, 0.05) is 18.0 Å². The molecule has 0 fully saturated rings. The average Bonchev–Trinajstić information content (AvgIpc) is 2.09. The fourth-order valence-corrected chi connectivity index (χ4v) is 1.16. The lowest BCUT2D eigenvalue weighted by atomic mass is 10.2. The average molecular weight is 199 g/mol. The number of hydrogen-bond acceptors (Lipinski definition) is 2. The second-order valence-electron chi connectivity index (χ2n) is 2.88. The first-order chi connectivity index (χ1) is 6.56. The molecule has 0 unspecified atom stereocenters. The van der Waals surface area contributed by atoms with Gasteiger partial charge in [0.15, 0.2) is 5.43 Å². The predicted octanol–water partition coefficient (Wildman–Crippen LogP) is 0.824. The van der Waals surface area contributed by atoms with Crippen LogP contribution < -0.4 is 5.43 Å². The van der Waals surface area contributed by atoms with Crippen LogP contribution in [0.2, 0.25) is 0 Å². The minimum Gasteiger partial charge on any atom is -0.477 e. The molecule has 1 rings (SSSR count). The molecule has 76 valence electrons. The number of carbonyl (C=O) groups is 1. The zero-order valence-electron chi connectivity index (χ0n) is 7.66. The highest BCUT2D eigenvalue weighted by Gasteiger charge is 2.09. The van der Waals surface area contributed by atoms with Gasteiger partial charge in [0.1, 0.15) is 12.2 Å². The second-order valence-corrected chi connectivity index (χ2v) is 2.88.